The van der Waals surface area contributed by atoms with E-state index in [1.165, 1.54) is 0 Å². The average Bonchev–Trinajstić information content (AvgIpc) is 2.89. The molecule has 3 N–H and O–H groups in total. The molecule has 1 aliphatic carbocycles. The van der Waals surface area contributed by atoms with Gasteiger partial charge in [0.05, 0.1) is 5.92 Å². The number of aliphatic hydroxyl groups is 1. The molecular weight excluding hydrogens is 204 g/mol. The summed E-state index contributed by atoms with van der Waals surface area (Å²) in [6, 6.07) is 0.299. The number of nitrogens with one attached hydrogen (secondary N) is 2. The van der Waals surface area contributed by atoms with E-state index < -0.39 is 0 Å². The zero-order valence-electron chi connectivity index (χ0n) is 9.96. The summed E-state index contributed by atoms with van der Waals surface area (Å²) in [4.78, 5) is 11.9. The van der Waals surface area contributed by atoms with Crippen LogP contribution in [0.3, 0.4) is 0 Å². The van der Waals surface area contributed by atoms with Gasteiger partial charge in [0, 0.05) is 19.2 Å². The monoisotopic (exact) mass is 226 g/mol. The van der Waals surface area contributed by atoms with Gasteiger partial charge in [-0.2, -0.15) is 0 Å². The van der Waals surface area contributed by atoms with Gasteiger partial charge in [0.1, 0.15) is 0 Å². The minimum atomic E-state index is 0.130. The highest BCUT2D eigenvalue weighted by Gasteiger charge is 2.42. The van der Waals surface area contributed by atoms with Crippen molar-refractivity contribution >= 4 is 5.91 Å². The van der Waals surface area contributed by atoms with Gasteiger partial charge >= 0.3 is 0 Å². The molecule has 4 heteroatoms. The summed E-state index contributed by atoms with van der Waals surface area (Å²) in [5, 5.41) is 15.3. The van der Waals surface area contributed by atoms with Crippen LogP contribution in [0.4, 0.5) is 0 Å². The Bertz CT molecular complexity index is 264. The maximum absolute atomic E-state index is 11.9. The number of hydrogen-bond donors (Lipinski definition) is 3. The normalized spacial score (nSPS) is 31.4. The summed E-state index contributed by atoms with van der Waals surface area (Å²) in [6.45, 7) is 3.99. The van der Waals surface area contributed by atoms with Crippen LogP contribution in [0.5, 0.6) is 0 Å². The molecule has 1 amide bonds. The standard InChI is InChI=1S/C12H22N2O2/c1-9-10(2-6-13-9)11(16)14-8-12(3-4-12)5-7-15/h9-10,13,15H,2-8H2,1H3,(H,14,16). The molecule has 2 rings (SSSR count). The molecule has 1 aliphatic heterocycles. The first-order valence-electron chi connectivity index (χ1n) is 6.29. The molecule has 1 saturated carbocycles. The number of amides is 1. The first kappa shape index (κ1) is 11.9. The van der Waals surface area contributed by atoms with Crippen molar-refractivity contribution in [2.24, 2.45) is 11.3 Å². The lowest BCUT2D eigenvalue weighted by Gasteiger charge is -2.18. The van der Waals surface area contributed by atoms with E-state index in [1.807, 2.05) is 0 Å². The van der Waals surface area contributed by atoms with Crippen molar-refractivity contribution in [3.63, 3.8) is 0 Å². The van der Waals surface area contributed by atoms with Crippen LogP contribution in [0, 0.1) is 11.3 Å². The molecule has 2 aliphatic rings. The largest absolute Gasteiger partial charge is 0.396 e. The smallest absolute Gasteiger partial charge is 0.224 e. The molecule has 92 valence electrons. The zero-order chi connectivity index (χ0) is 11.6. The summed E-state index contributed by atoms with van der Waals surface area (Å²) in [5.41, 5.74) is 0.222. The van der Waals surface area contributed by atoms with Gasteiger partial charge in [-0.25, -0.2) is 0 Å². The van der Waals surface area contributed by atoms with Gasteiger partial charge in [-0.3, -0.25) is 4.79 Å². The van der Waals surface area contributed by atoms with Crippen molar-refractivity contribution in [2.75, 3.05) is 19.7 Å². The zero-order valence-corrected chi connectivity index (χ0v) is 9.96. The first-order chi connectivity index (χ1) is 7.67. The topological polar surface area (TPSA) is 61.4 Å². The van der Waals surface area contributed by atoms with Crippen molar-refractivity contribution < 1.29 is 9.90 Å². The maximum atomic E-state index is 11.9. The van der Waals surface area contributed by atoms with Crippen LogP contribution >= 0.6 is 0 Å². The molecular formula is C12H22N2O2. The molecule has 4 nitrogen and oxygen atoms in total. The SMILES string of the molecule is CC1NCCC1C(=O)NCC1(CCO)CC1. The van der Waals surface area contributed by atoms with E-state index in [4.69, 9.17) is 5.11 Å². The van der Waals surface area contributed by atoms with Crippen LogP contribution in [-0.4, -0.2) is 36.8 Å². The van der Waals surface area contributed by atoms with E-state index in [2.05, 4.69) is 17.6 Å². The van der Waals surface area contributed by atoms with E-state index in [-0.39, 0.29) is 23.8 Å². The van der Waals surface area contributed by atoms with Crippen LogP contribution < -0.4 is 10.6 Å². The predicted octanol–water partition coefficient (Wildman–Crippen LogP) is 0.263. The predicted molar refractivity (Wildman–Crippen MR) is 62.0 cm³/mol. The highest BCUT2D eigenvalue weighted by atomic mass is 16.3. The van der Waals surface area contributed by atoms with Crippen molar-refractivity contribution in [1.29, 1.82) is 0 Å². The molecule has 1 heterocycles. The van der Waals surface area contributed by atoms with Crippen LogP contribution in [-0.2, 0) is 4.79 Å². The molecule has 0 spiro atoms. The Morgan fingerprint density at radius 1 is 1.56 bits per heavy atom. The van der Waals surface area contributed by atoms with Gasteiger partial charge in [0.2, 0.25) is 5.91 Å². The maximum Gasteiger partial charge on any atom is 0.224 e. The highest BCUT2D eigenvalue weighted by molar-refractivity contribution is 5.79. The number of carbonyl (C=O) groups is 1. The van der Waals surface area contributed by atoms with Gasteiger partial charge in [-0.1, -0.05) is 0 Å². The Morgan fingerprint density at radius 2 is 2.31 bits per heavy atom. The minimum absolute atomic E-state index is 0.130. The number of carbonyl (C=O) groups excluding carboxylic acids is 1. The molecule has 0 bridgehead atoms. The first-order valence-corrected chi connectivity index (χ1v) is 6.29. The second kappa shape index (κ2) is 4.72. The Hall–Kier alpha value is -0.610. The second-order valence-corrected chi connectivity index (χ2v) is 5.33. The molecule has 2 unspecified atom stereocenters. The van der Waals surface area contributed by atoms with Crippen LogP contribution in [0.2, 0.25) is 0 Å². The summed E-state index contributed by atoms with van der Waals surface area (Å²) in [7, 11) is 0. The fourth-order valence-corrected chi connectivity index (χ4v) is 2.55. The lowest BCUT2D eigenvalue weighted by Crippen LogP contribution is -2.39. The summed E-state index contributed by atoms with van der Waals surface area (Å²) in [5.74, 6) is 0.312. The molecule has 2 atom stereocenters. The Labute approximate surface area is 96.8 Å². The third-order valence-corrected chi connectivity index (χ3v) is 4.10. The molecule has 0 aromatic carbocycles. The molecule has 0 aromatic rings. The van der Waals surface area contributed by atoms with Crippen LogP contribution in [0.25, 0.3) is 0 Å². The number of aliphatic hydroxyl groups excluding tert-OH is 1. The van der Waals surface area contributed by atoms with Crippen molar-refractivity contribution in [3.05, 3.63) is 0 Å². The van der Waals surface area contributed by atoms with Crippen LogP contribution in [0.15, 0.2) is 0 Å². The summed E-state index contributed by atoms with van der Waals surface area (Å²) in [6.07, 6.45) is 4.06. The van der Waals surface area contributed by atoms with Crippen molar-refractivity contribution in [2.45, 2.75) is 38.6 Å². The average molecular weight is 226 g/mol. The van der Waals surface area contributed by atoms with E-state index in [9.17, 15) is 4.79 Å². The molecule has 0 radical (unpaired) electrons. The fraction of sp³-hybridized carbons (Fsp3) is 0.917. The third kappa shape index (κ3) is 2.55. The van der Waals surface area contributed by atoms with Crippen molar-refractivity contribution in [1.82, 2.24) is 10.6 Å². The third-order valence-electron chi connectivity index (χ3n) is 4.10. The number of hydrogen-bond acceptors (Lipinski definition) is 3. The highest BCUT2D eigenvalue weighted by Crippen LogP contribution is 2.47. The molecule has 16 heavy (non-hydrogen) atoms. The minimum Gasteiger partial charge on any atom is -0.396 e. The number of rotatable bonds is 5. The summed E-state index contributed by atoms with van der Waals surface area (Å²) < 4.78 is 0. The quantitative estimate of drug-likeness (QED) is 0.630. The Morgan fingerprint density at radius 3 is 2.81 bits per heavy atom. The van der Waals surface area contributed by atoms with Gasteiger partial charge in [0.25, 0.3) is 0 Å². The van der Waals surface area contributed by atoms with Crippen LogP contribution in [0.1, 0.15) is 32.6 Å². The summed E-state index contributed by atoms with van der Waals surface area (Å²) >= 11 is 0. The molecule has 1 saturated heterocycles. The van der Waals surface area contributed by atoms with E-state index in [1.54, 1.807) is 0 Å². The fourth-order valence-electron chi connectivity index (χ4n) is 2.55. The molecule has 0 aromatic heterocycles. The van der Waals surface area contributed by atoms with Gasteiger partial charge in [-0.15, -0.1) is 0 Å². The Balaban J connectivity index is 1.75. The van der Waals surface area contributed by atoms with Gasteiger partial charge < -0.3 is 15.7 Å². The van der Waals surface area contributed by atoms with E-state index >= 15 is 0 Å². The van der Waals surface area contributed by atoms with Gasteiger partial charge in [-0.05, 0) is 44.6 Å². The second-order valence-electron chi connectivity index (χ2n) is 5.33. The van der Waals surface area contributed by atoms with E-state index in [0.717, 1.165) is 38.8 Å². The lowest BCUT2D eigenvalue weighted by molar-refractivity contribution is -0.125. The Kier molecular flexibility index (Phi) is 3.50. The molecule has 2 fully saturated rings. The van der Waals surface area contributed by atoms with Gasteiger partial charge in [0.15, 0.2) is 0 Å². The van der Waals surface area contributed by atoms with Crippen molar-refractivity contribution in [3.8, 4) is 0 Å². The van der Waals surface area contributed by atoms with E-state index in [0.29, 0.717) is 6.04 Å². The lowest BCUT2D eigenvalue weighted by atomic mass is 9.99.